The molecule has 0 aliphatic carbocycles. The standard InChI is InChI=1S/C9H10ClIO2/c10-5-8(12)6-13-9-3-1-2-7(11)4-9/h1-4,8,12H,5-6H2. The van der Waals surface area contributed by atoms with Crippen molar-refractivity contribution in [1.29, 1.82) is 0 Å². The highest BCUT2D eigenvalue weighted by Gasteiger charge is 2.02. The van der Waals surface area contributed by atoms with Crippen LogP contribution in [0.5, 0.6) is 5.75 Å². The zero-order chi connectivity index (χ0) is 9.68. The predicted molar refractivity (Wildman–Crippen MR) is 61.4 cm³/mol. The van der Waals surface area contributed by atoms with Gasteiger partial charge in [-0.2, -0.15) is 0 Å². The molecule has 0 aliphatic heterocycles. The summed E-state index contributed by atoms with van der Waals surface area (Å²) in [6.45, 7) is 0.240. The molecule has 2 nitrogen and oxygen atoms in total. The van der Waals surface area contributed by atoms with Crippen molar-refractivity contribution in [3.05, 3.63) is 27.8 Å². The van der Waals surface area contributed by atoms with Gasteiger partial charge >= 0.3 is 0 Å². The van der Waals surface area contributed by atoms with Crippen molar-refractivity contribution in [3.63, 3.8) is 0 Å². The molecule has 0 bridgehead atoms. The quantitative estimate of drug-likeness (QED) is 0.683. The van der Waals surface area contributed by atoms with Crippen molar-refractivity contribution in [2.24, 2.45) is 0 Å². The predicted octanol–water partition coefficient (Wildman–Crippen LogP) is 2.27. The molecule has 13 heavy (non-hydrogen) atoms. The lowest BCUT2D eigenvalue weighted by Crippen LogP contribution is -2.18. The van der Waals surface area contributed by atoms with E-state index in [1.165, 1.54) is 0 Å². The van der Waals surface area contributed by atoms with E-state index in [0.717, 1.165) is 9.32 Å². The van der Waals surface area contributed by atoms with Gasteiger partial charge in [-0.05, 0) is 40.8 Å². The van der Waals surface area contributed by atoms with Crippen LogP contribution in [0.4, 0.5) is 0 Å². The van der Waals surface area contributed by atoms with E-state index in [-0.39, 0.29) is 12.5 Å². The summed E-state index contributed by atoms with van der Waals surface area (Å²) in [7, 11) is 0. The molecular formula is C9H10ClIO2. The van der Waals surface area contributed by atoms with E-state index in [0.29, 0.717) is 0 Å². The highest BCUT2D eigenvalue weighted by atomic mass is 127. The molecule has 0 spiro atoms. The topological polar surface area (TPSA) is 29.5 Å². The van der Waals surface area contributed by atoms with Crippen molar-refractivity contribution >= 4 is 34.2 Å². The second-order valence-electron chi connectivity index (χ2n) is 2.58. The van der Waals surface area contributed by atoms with Gasteiger partial charge < -0.3 is 9.84 Å². The van der Waals surface area contributed by atoms with E-state index in [4.69, 9.17) is 21.4 Å². The van der Waals surface area contributed by atoms with Crippen LogP contribution in [0.25, 0.3) is 0 Å². The molecule has 0 aliphatic rings. The van der Waals surface area contributed by atoms with Gasteiger partial charge in [-0.3, -0.25) is 0 Å². The molecule has 1 atom stereocenters. The first-order valence-corrected chi connectivity index (χ1v) is 5.46. The molecule has 1 aromatic carbocycles. The minimum atomic E-state index is -0.598. The largest absolute Gasteiger partial charge is 0.491 e. The lowest BCUT2D eigenvalue weighted by molar-refractivity contribution is 0.125. The third-order valence-electron chi connectivity index (χ3n) is 1.42. The number of ether oxygens (including phenoxy) is 1. The molecule has 0 aromatic heterocycles. The van der Waals surface area contributed by atoms with Crippen LogP contribution in [0.1, 0.15) is 0 Å². The van der Waals surface area contributed by atoms with Gasteiger partial charge in [0.25, 0.3) is 0 Å². The maximum absolute atomic E-state index is 9.13. The zero-order valence-electron chi connectivity index (χ0n) is 6.91. The van der Waals surface area contributed by atoms with Gasteiger partial charge in [-0.25, -0.2) is 0 Å². The van der Waals surface area contributed by atoms with Gasteiger partial charge in [-0.15, -0.1) is 11.6 Å². The second-order valence-corrected chi connectivity index (χ2v) is 4.13. The highest BCUT2D eigenvalue weighted by Crippen LogP contribution is 2.14. The summed E-state index contributed by atoms with van der Waals surface area (Å²) in [5.41, 5.74) is 0. The number of aliphatic hydroxyl groups is 1. The third kappa shape index (κ3) is 4.15. The summed E-state index contributed by atoms with van der Waals surface area (Å²) in [6, 6.07) is 7.64. The molecule has 1 unspecified atom stereocenters. The zero-order valence-corrected chi connectivity index (χ0v) is 9.83. The van der Waals surface area contributed by atoms with E-state index in [9.17, 15) is 0 Å². The molecule has 0 fully saturated rings. The first-order chi connectivity index (χ1) is 6.22. The fraction of sp³-hybridized carbons (Fsp3) is 0.333. The molecule has 0 saturated carbocycles. The molecule has 1 rings (SSSR count). The average Bonchev–Trinajstić information content (AvgIpc) is 2.14. The number of alkyl halides is 1. The summed E-state index contributed by atoms with van der Waals surface area (Å²) < 4.78 is 6.41. The summed E-state index contributed by atoms with van der Waals surface area (Å²) in [5, 5.41) is 9.13. The molecule has 0 amide bonds. The first kappa shape index (κ1) is 11.1. The lowest BCUT2D eigenvalue weighted by Gasteiger charge is -2.09. The first-order valence-electron chi connectivity index (χ1n) is 3.85. The molecule has 0 heterocycles. The monoisotopic (exact) mass is 312 g/mol. The molecular weight excluding hydrogens is 302 g/mol. The SMILES string of the molecule is OC(CCl)COc1cccc(I)c1. The van der Waals surface area contributed by atoms with Crippen LogP contribution >= 0.6 is 34.2 Å². The van der Waals surface area contributed by atoms with E-state index in [1.54, 1.807) is 0 Å². The van der Waals surface area contributed by atoms with Crippen LogP contribution in [-0.4, -0.2) is 23.7 Å². The number of aliphatic hydroxyl groups excluding tert-OH is 1. The average molecular weight is 313 g/mol. The number of benzene rings is 1. The summed E-state index contributed by atoms with van der Waals surface area (Å²) >= 11 is 7.62. The Morgan fingerprint density at radius 3 is 2.92 bits per heavy atom. The van der Waals surface area contributed by atoms with Crippen LogP contribution in [-0.2, 0) is 0 Å². The van der Waals surface area contributed by atoms with Gasteiger partial charge in [-0.1, -0.05) is 6.07 Å². The van der Waals surface area contributed by atoms with Gasteiger partial charge in [0, 0.05) is 3.57 Å². The smallest absolute Gasteiger partial charge is 0.120 e. The molecule has 0 radical (unpaired) electrons. The number of hydrogen-bond acceptors (Lipinski definition) is 2. The number of rotatable bonds is 4. The fourth-order valence-corrected chi connectivity index (χ4v) is 1.40. The van der Waals surface area contributed by atoms with Crippen LogP contribution in [0.2, 0.25) is 0 Å². The Morgan fingerprint density at radius 2 is 2.31 bits per heavy atom. The maximum atomic E-state index is 9.13. The van der Waals surface area contributed by atoms with Crippen molar-refractivity contribution < 1.29 is 9.84 Å². The lowest BCUT2D eigenvalue weighted by atomic mass is 10.3. The molecule has 72 valence electrons. The normalized spacial score (nSPS) is 12.5. The Bertz CT molecular complexity index is 268. The Kier molecular flexibility index (Phi) is 4.83. The Morgan fingerprint density at radius 1 is 1.54 bits per heavy atom. The summed E-state index contributed by atoms with van der Waals surface area (Å²) in [5.74, 6) is 0.959. The van der Waals surface area contributed by atoms with Crippen molar-refractivity contribution in [1.82, 2.24) is 0 Å². The van der Waals surface area contributed by atoms with Gasteiger partial charge in [0.15, 0.2) is 0 Å². The maximum Gasteiger partial charge on any atom is 0.120 e. The van der Waals surface area contributed by atoms with Crippen LogP contribution < -0.4 is 4.74 Å². The third-order valence-corrected chi connectivity index (χ3v) is 2.44. The Balaban J connectivity index is 2.45. The van der Waals surface area contributed by atoms with E-state index in [2.05, 4.69) is 22.6 Å². The molecule has 4 heteroatoms. The second kappa shape index (κ2) is 5.67. The van der Waals surface area contributed by atoms with Crippen molar-refractivity contribution in [2.45, 2.75) is 6.10 Å². The van der Waals surface area contributed by atoms with Crippen LogP contribution in [0.3, 0.4) is 0 Å². The number of hydrogen-bond donors (Lipinski definition) is 1. The van der Waals surface area contributed by atoms with Gasteiger partial charge in [0.1, 0.15) is 18.5 Å². The van der Waals surface area contributed by atoms with Crippen molar-refractivity contribution in [2.75, 3.05) is 12.5 Å². The summed E-state index contributed by atoms with van der Waals surface area (Å²) in [6.07, 6.45) is -0.598. The molecule has 1 N–H and O–H groups in total. The molecule has 1 aromatic rings. The Labute approximate surface area is 96.0 Å². The molecule has 0 saturated heterocycles. The van der Waals surface area contributed by atoms with Crippen LogP contribution in [0, 0.1) is 3.57 Å². The van der Waals surface area contributed by atoms with E-state index in [1.807, 2.05) is 24.3 Å². The minimum Gasteiger partial charge on any atom is -0.491 e. The Hall–Kier alpha value is -0.000000000000000111. The van der Waals surface area contributed by atoms with Crippen molar-refractivity contribution in [3.8, 4) is 5.75 Å². The van der Waals surface area contributed by atoms with Gasteiger partial charge in [0.2, 0.25) is 0 Å². The van der Waals surface area contributed by atoms with E-state index < -0.39 is 6.10 Å². The summed E-state index contributed by atoms with van der Waals surface area (Å²) in [4.78, 5) is 0. The van der Waals surface area contributed by atoms with Crippen LogP contribution in [0.15, 0.2) is 24.3 Å². The highest BCUT2D eigenvalue weighted by molar-refractivity contribution is 14.1. The minimum absolute atomic E-state index is 0.198. The fourth-order valence-electron chi connectivity index (χ4n) is 0.794. The van der Waals surface area contributed by atoms with Gasteiger partial charge in [0.05, 0.1) is 5.88 Å². The van der Waals surface area contributed by atoms with E-state index >= 15 is 0 Å². The number of halogens is 2.